The van der Waals surface area contributed by atoms with E-state index in [1.54, 1.807) is 17.5 Å². The van der Waals surface area contributed by atoms with Crippen LogP contribution in [0.15, 0.2) is 29.1 Å². The molecule has 0 spiro atoms. The summed E-state index contributed by atoms with van der Waals surface area (Å²) in [5, 5.41) is 4.39. The van der Waals surface area contributed by atoms with Crippen molar-refractivity contribution in [2.24, 2.45) is 0 Å². The first-order valence-corrected chi connectivity index (χ1v) is 7.17. The number of rotatable bonds is 5. The van der Waals surface area contributed by atoms with Gasteiger partial charge in [-0.15, -0.1) is 11.3 Å². The van der Waals surface area contributed by atoms with Crippen LogP contribution in [0.2, 0.25) is 0 Å². The fourth-order valence-corrected chi connectivity index (χ4v) is 2.67. The number of hydrogen-bond acceptors (Lipinski definition) is 4. The predicted molar refractivity (Wildman–Crippen MR) is 75.0 cm³/mol. The Morgan fingerprint density at radius 3 is 3.00 bits per heavy atom. The quantitative estimate of drug-likeness (QED) is 0.859. The molecule has 2 aromatic heterocycles. The fourth-order valence-electron chi connectivity index (χ4n) is 1.44. The summed E-state index contributed by atoms with van der Waals surface area (Å²) >= 11 is 5.13. The van der Waals surface area contributed by atoms with E-state index in [-0.39, 0.29) is 0 Å². The largest absolute Gasteiger partial charge is 0.312 e. The highest BCUT2D eigenvalue weighted by atomic mass is 79.9. The Bertz CT molecular complexity index is 484. The van der Waals surface area contributed by atoms with Gasteiger partial charge in [0.15, 0.2) is 0 Å². The Morgan fingerprint density at radius 1 is 1.35 bits per heavy atom. The normalized spacial score (nSPS) is 10.7. The molecule has 0 bridgehead atoms. The third kappa shape index (κ3) is 3.59. The van der Waals surface area contributed by atoms with Gasteiger partial charge in [-0.1, -0.05) is 6.92 Å². The molecule has 0 aliphatic rings. The van der Waals surface area contributed by atoms with Gasteiger partial charge in [-0.05, 0) is 35.0 Å². The van der Waals surface area contributed by atoms with E-state index < -0.39 is 0 Å². The minimum Gasteiger partial charge on any atom is -0.312 e. The van der Waals surface area contributed by atoms with Gasteiger partial charge in [-0.3, -0.25) is 4.98 Å². The summed E-state index contributed by atoms with van der Waals surface area (Å²) < 4.78 is 0.982. The van der Waals surface area contributed by atoms with Gasteiger partial charge in [-0.25, -0.2) is 4.98 Å². The third-order valence-corrected chi connectivity index (χ3v) is 3.71. The predicted octanol–water partition coefficient (Wildman–Crippen LogP) is 3.47. The molecule has 2 heterocycles. The van der Waals surface area contributed by atoms with Crippen molar-refractivity contribution in [3.8, 4) is 10.6 Å². The van der Waals surface area contributed by atoms with Crippen molar-refractivity contribution in [3.63, 3.8) is 0 Å². The van der Waals surface area contributed by atoms with Crippen LogP contribution >= 0.6 is 27.3 Å². The van der Waals surface area contributed by atoms with Crippen LogP contribution < -0.4 is 5.32 Å². The first-order valence-electron chi connectivity index (χ1n) is 5.56. The lowest BCUT2D eigenvalue weighted by Crippen LogP contribution is -2.12. The summed E-state index contributed by atoms with van der Waals surface area (Å²) in [6.07, 6.45) is 6.71. The molecule has 0 aromatic carbocycles. The molecule has 2 aromatic rings. The standard InChI is InChI=1S/C12H14BrN3S/c1-2-3-14-7-11-8-16-12(17-11)9-4-10(13)6-15-5-9/h4-6,8,14H,2-3,7H2,1H3. The highest BCUT2D eigenvalue weighted by Gasteiger charge is 2.05. The van der Waals surface area contributed by atoms with Crippen molar-refractivity contribution in [1.82, 2.24) is 15.3 Å². The second-order valence-corrected chi connectivity index (χ2v) is 5.73. The van der Waals surface area contributed by atoms with Crippen LogP contribution in [0, 0.1) is 0 Å². The van der Waals surface area contributed by atoms with Gasteiger partial charge >= 0.3 is 0 Å². The van der Waals surface area contributed by atoms with E-state index in [0.717, 1.165) is 34.6 Å². The first kappa shape index (κ1) is 12.7. The molecule has 0 unspecified atom stereocenters. The van der Waals surface area contributed by atoms with E-state index in [4.69, 9.17) is 0 Å². The van der Waals surface area contributed by atoms with Crippen molar-refractivity contribution in [2.75, 3.05) is 6.54 Å². The maximum absolute atomic E-state index is 4.42. The van der Waals surface area contributed by atoms with Gasteiger partial charge in [0.05, 0.1) is 0 Å². The van der Waals surface area contributed by atoms with Gasteiger partial charge in [0.25, 0.3) is 0 Å². The highest BCUT2D eigenvalue weighted by Crippen LogP contribution is 2.26. The average molecular weight is 312 g/mol. The smallest absolute Gasteiger partial charge is 0.125 e. The SMILES string of the molecule is CCCNCc1cnc(-c2cncc(Br)c2)s1. The van der Waals surface area contributed by atoms with Crippen molar-refractivity contribution >= 4 is 27.3 Å². The third-order valence-electron chi connectivity index (χ3n) is 2.23. The van der Waals surface area contributed by atoms with Crippen LogP contribution in [0.3, 0.4) is 0 Å². The zero-order chi connectivity index (χ0) is 12.1. The summed E-state index contributed by atoms with van der Waals surface area (Å²) in [6.45, 7) is 4.11. The molecule has 0 fully saturated rings. The first-order chi connectivity index (χ1) is 8.29. The molecule has 3 nitrogen and oxygen atoms in total. The summed E-state index contributed by atoms with van der Waals surface area (Å²) in [5.74, 6) is 0. The molecule has 90 valence electrons. The van der Waals surface area contributed by atoms with Gasteiger partial charge < -0.3 is 5.32 Å². The molecule has 5 heteroatoms. The second kappa shape index (κ2) is 6.23. The molecule has 0 saturated heterocycles. The lowest BCUT2D eigenvalue weighted by atomic mass is 10.3. The molecule has 0 aliphatic carbocycles. The number of nitrogens with zero attached hydrogens (tertiary/aromatic N) is 2. The number of hydrogen-bond donors (Lipinski definition) is 1. The highest BCUT2D eigenvalue weighted by molar-refractivity contribution is 9.10. The van der Waals surface area contributed by atoms with Crippen molar-refractivity contribution in [1.29, 1.82) is 0 Å². The van der Waals surface area contributed by atoms with Crippen LogP contribution in [0.25, 0.3) is 10.6 Å². The molecule has 0 atom stereocenters. The molecule has 0 saturated carbocycles. The maximum atomic E-state index is 4.42. The Kier molecular flexibility index (Phi) is 4.65. The van der Waals surface area contributed by atoms with Gasteiger partial charge in [0, 0.05) is 40.0 Å². The molecular weight excluding hydrogens is 298 g/mol. The number of aromatic nitrogens is 2. The minimum atomic E-state index is 0.896. The Morgan fingerprint density at radius 2 is 2.24 bits per heavy atom. The van der Waals surface area contributed by atoms with E-state index in [9.17, 15) is 0 Å². The minimum absolute atomic E-state index is 0.896. The summed E-state index contributed by atoms with van der Waals surface area (Å²) in [6, 6.07) is 2.04. The van der Waals surface area contributed by atoms with E-state index >= 15 is 0 Å². The van der Waals surface area contributed by atoms with Crippen LogP contribution in [0.4, 0.5) is 0 Å². The van der Waals surface area contributed by atoms with Crippen molar-refractivity contribution in [3.05, 3.63) is 34.0 Å². The van der Waals surface area contributed by atoms with Crippen molar-refractivity contribution in [2.45, 2.75) is 19.9 Å². The van der Waals surface area contributed by atoms with Crippen molar-refractivity contribution < 1.29 is 0 Å². The zero-order valence-electron chi connectivity index (χ0n) is 9.61. The molecular formula is C12H14BrN3S. The second-order valence-electron chi connectivity index (χ2n) is 3.70. The summed E-state index contributed by atoms with van der Waals surface area (Å²) in [7, 11) is 0. The molecule has 0 amide bonds. The zero-order valence-corrected chi connectivity index (χ0v) is 12.0. The van der Waals surface area contributed by atoms with Gasteiger partial charge in [-0.2, -0.15) is 0 Å². The lowest BCUT2D eigenvalue weighted by Gasteiger charge is -1.98. The summed E-state index contributed by atoms with van der Waals surface area (Å²) in [4.78, 5) is 9.83. The topological polar surface area (TPSA) is 37.8 Å². The molecule has 1 N–H and O–H groups in total. The lowest BCUT2D eigenvalue weighted by molar-refractivity contribution is 0.681. The summed E-state index contributed by atoms with van der Waals surface area (Å²) in [5.41, 5.74) is 1.06. The van der Waals surface area contributed by atoms with E-state index in [0.29, 0.717) is 0 Å². The average Bonchev–Trinajstić information content (AvgIpc) is 2.78. The number of halogens is 1. The number of thiazole rings is 1. The Labute approximate surface area is 113 Å². The molecule has 17 heavy (non-hydrogen) atoms. The monoisotopic (exact) mass is 311 g/mol. The van der Waals surface area contributed by atoms with Crippen LogP contribution in [0.5, 0.6) is 0 Å². The van der Waals surface area contributed by atoms with E-state index in [1.807, 2.05) is 18.5 Å². The fraction of sp³-hybridized carbons (Fsp3) is 0.333. The number of nitrogens with one attached hydrogen (secondary N) is 1. The van der Waals surface area contributed by atoms with E-state index in [2.05, 4.69) is 38.1 Å². The Balaban J connectivity index is 2.07. The van der Waals surface area contributed by atoms with E-state index in [1.165, 1.54) is 4.88 Å². The van der Waals surface area contributed by atoms with Crippen LogP contribution in [0.1, 0.15) is 18.2 Å². The maximum Gasteiger partial charge on any atom is 0.125 e. The van der Waals surface area contributed by atoms with Gasteiger partial charge in [0.1, 0.15) is 5.01 Å². The molecule has 0 aliphatic heterocycles. The molecule has 0 radical (unpaired) electrons. The van der Waals surface area contributed by atoms with Crippen LogP contribution in [-0.4, -0.2) is 16.5 Å². The van der Waals surface area contributed by atoms with Gasteiger partial charge in [0.2, 0.25) is 0 Å². The molecule has 2 rings (SSSR count). The Hall–Kier alpha value is -0.780. The number of pyridine rings is 1. The van der Waals surface area contributed by atoms with Crippen LogP contribution in [-0.2, 0) is 6.54 Å².